The van der Waals surface area contributed by atoms with E-state index in [1.165, 1.54) is 6.20 Å². The van der Waals surface area contributed by atoms with Gasteiger partial charge in [-0.15, -0.1) is 23.2 Å². The summed E-state index contributed by atoms with van der Waals surface area (Å²) < 4.78 is 5.44. The topological polar surface area (TPSA) is 70.2 Å². The number of anilines is 2. The van der Waals surface area contributed by atoms with Crippen LogP contribution in [-0.2, 0) is 6.54 Å². The van der Waals surface area contributed by atoms with Gasteiger partial charge in [-0.1, -0.05) is 0 Å². The lowest BCUT2D eigenvalue weighted by molar-refractivity contribution is 0.292. The van der Waals surface area contributed by atoms with Crippen molar-refractivity contribution >= 4 is 34.7 Å². The number of aromatic amines is 1. The molecule has 0 aliphatic carbocycles. The van der Waals surface area contributed by atoms with Gasteiger partial charge in [-0.05, 0) is 24.3 Å². The third-order valence-electron chi connectivity index (χ3n) is 3.43. The second kappa shape index (κ2) is 9.52. The van der Waals surface area contributed by atoms with Gasteiger partial charge in [0.05, 0.1) is 7.11 Å². The van der Waals surface area contributed by atoms with Gasteiger partial charge in [-0.2, -0.15) is 0 Å². The molecule has 0 radical (unpaired) electrons. The lowest BCUT2D eigenvalue weighted by atomic mass is 10.1. The smallest absolute Gasteiger partial charge is 0.346 e. The standard InChI is InChI=1S/C16H20Cl2N4O2/c1-24-14-3-2-13(20-15-4-7-19-16(23)21-15)10-12(14)11-22(8-5-17)9-6-18/h2-4,7,10H,5-6,8-9,11H2,1H3,(H2,19,20,21,23). The molecule has 1 heterocycles. The molecule has 0 saturated carbocycles. The molecule has 0 atom stereocenters. The highest BCUT2D eigenvalue weighted by Crippen LogP contribution is 2.25. The molecule has 0 fully saturated rings. The predicted octanol–water partition coefficient (Wildman–Crippen LogP) is 2.80. The number of hydrogen-bond donors (Lipinski definition) is 2. The van der Waals surface area contributed by atoms with Crippen molar-refractivity contribution in [3.8, 4) is 5.75 Å². The molecule has 0 amide bonds. The first-order valence-electron chi connectivity index (χ1n) is 7.50. The Hall–Kier alpha value is -1.76. The van der Waals surface area contributed by atoms with Gasteiger partial charge in [0.2, 0.25) is 0 Å². The summed E-state index contributed by atoms with van der Waals surface area (Å²) in [5.74, 6) is 2.44. The molecule has 1 aromatic carbocycles. The number of ether oxygens (including phenoxy) is 1. The molecule has 0 unspecified atom stereocenters. The van der Waals surface area contributed by atoms with Gasteiger partial charge in [0.15, 0.2) is 0 Å². The van der Waals surface area contributed by atoms with Crippen LogP contribution in [-0.4, -0.2) is 46.8 Å². The average Bonchev–Trinajstić information content (AvgIpc) is 2.56. The van der Waals surface area contributed by atoms with Gasteiger partial charge < -0.3 is 10.1 Å². The Balaban J connectivity index is 2.21. The number of nitrogens with zero attached hydrogens (tertiary/aromatic N) is 2. The molecule has 0 aliphatic heterocycles. The van der Waals surface area contributed by atoms with Crippen LogP contribution in [0.2, 0.25) is 0 Å². The summed E-state index contributed by atoms with van der Waals surface area (Å²) in [6.45, 7) is 2.16. The lowest BCUT2D eigenvalue weighted by Gasteiger charge is -2.22. The first-order chi connectivity index (χ1) is 11.7. The van der Waals surface area contributed by atoms with Crippen molar-refractivity contribution in [2.45, 2.75) is 6.54 Å². The number of methoxy groups -OCH3 is 1. The van der Waals surface area contributed by atoms with Gasteiger partial charge in [0.25, 0.3) is 0 Å². The van der Waals surface area contributed by atoms with E-state index < -0.39 is 5.69 Å². The molecule has 2 N–H and O–H groups in total. The zero-order chi connectivity index (χ0) is 17.4. The fourth-order valence-electron chi connectivity index (χ4n) is 2.33. The number of aromatic nitrogens is 2. The van der Waals surface area contributed by atoms with E-state index >= 15 is 0 Å². The predicted molar refractivity (Wildman–Crippen MR) is 97.9 cm³/mol. The van der Waals surface area contributed by atoms with Gasteiger partial charge in [0, 0.05) is 48.8 Å². The molecule has 0 aliphatic rings. The quantitative estimate of drug-likeness (QED) is 0.664. The Morgan fingerprint density at radius 1 is 1.25 bits per heavy atom. The number of rotatable bonds is 9. The van der Waals surface area contributed by atoms with E-state index in [9.17, 15) is 4.79 Å². The molecule has 2 rings (SSSR count). The lowest BCUT2D eigenvalue weighted by Crippen LogP contribution is -2.27. The molecule has 0 spiro atoms. The van der Waals surface area contributed by atoms with E-state index in [-0.39, 0.29) is 0 Å². The minimum absolute atomic E-state index is 0.399. The Kier molecular flexibility index (Phi) is 7.36. The highest BCUT2D eigenvalue weighted by Gasteiger charge is 2.10. The van der Waals surface area contributed by atoms with Gasteiger partial charge in [-0.3, -0.25) is 9.88 Å². The van der Waals surface area contributed by atoms with Crippen LogP contribution in [0.25, 0.3) is 0 Å². The first kappa shape index (κ1) is 18.6. The number of H-pyrrole nitrogens is 1. The number of alkyl halides is 2. The van der Waals surface area contributed by atoms with Gasteiger partial charge in [0.1, 0.15) is 11.6 Å². The number of halogens is 2. The molecule has 8 heteroatoms. The molecule has 6 nitrogen and oxygen atoms in total. The summed E-state index contributed by atoms with van der Waals surface area (Å²) in [6.07, 6.45) is 1.45. The van der Waals surface area contributed by atoms with Crippen molar-refractivity contribution in [2.75, 3.05) is 37.3 Å². The van der Waals surface area contributed by atoms with Gasteiger partial charge in [-0.25, -0.2) is 9.78 Å². The van der Waals surface area contributed by atoms with Crippen molar-refractivity contribution in [3.05, 3.63) is 46.5 Å². The summed E-state index contributed by atoms with van der Waals surface area (Å²) in [5.41, 5.74) is 1.45. The maximum Gasteiger partial charge on any atom is 0.346 e. The highest BCUT2D eigenvalue weighted by atomic mass is 35.5. The highest BCUT2D eigenvalue weighted by molar-refractivity contribution is 6.18. The molecular weight excluding hydrogens is 351 g/mol. The number of benzene rings is 1. The second-order valence-electron chi connectivity index (χ2n) is 5.09. The van der Waals surface area contributed by atoms with Gasteiger partial charge >= 0.3 is 5.69 Å². The summed E-state index contributed by atoms with van der Waals surface area (Å²) in [7, 11) is 1.64. The monoisotopic (exact) mass is 370 g/mol. The summed E-state index contributed by atoms with van der Waals surface area (Å²) in [6, 6.07) is 7.44. The zero-order valence-electron chi connectivity index (χ0n) is 13.4. The maximum atomic E-state index is 11.3. The van der Waals surface area contributed by atoms with E-state index in [2.05, 4.69) is 20.2 Å². The van der Waals surface area contributed by atoms with Crippen LogP contribution in [0.5, 0.6) is 5.75 Å². The molecular formula is C16H20Cl2N4O2. The minimum Gasteiger partial charge on any atom is -0.496 e. The summed E-state index contributed by atoms with van der Waals surface area (Å²) in [4.78, 5) is 19.7. The third kappa shape index (κ3) is 5.40. The SMILES string of the molecule is COc1ccc(Nc2ccnc(=O)[nH]2)cc1CN(CCCl)CCCl. The fraction of sp³-hybridized carbons (Fsp3) is 0.375. The maximum absolute atomic E-state index is 11.3. The summed E-state index contributed by atoms with van der Waals surface area (Å²) >= 11 is 11.7. The van der Waals surface area contributed by atoms with Crippen molar-refractivity contribution in [2.24, 2.45) is 0 Å². The van der Waals surface area contributed by atoms with E-state index in [4.69, 9.17) is 27.9 Å². The molecule has 130 valence electrons. The molecule has 24 heavy (non-hydrogen) atoms. The van der Waals surface area contributed by atoms with E-state index in [0.29, 0.717) is 24.1 Å². The Bertz CT molecular complexity index is 702. The van der Waals surface area contributed by atoms with Crippen LogP contribution in [0, 0.1) is 0 Å². The van der Waals surface area contributed by atoms with Crippen LogP contribution >= 0.6 is 23.2 Å². The molecule has 1 aromatic heterocycles. The number of hydrogen-bond acceptors (Lipinski definition) is 5. The van der Waals surface area contributed by atoms with E-state index in [0.717, 1.165) is 30.1 Å². The zero-order valence-corrected chi connectivity index (χ0v) is 14.9. The summed E-state index contributed by atoms with van der Waals surface area (Å²) in [5, 5.41) is 3.15. The van der Waals surface area contributed by atoms with Crippen molar-refractivity contribution < 1.29 is 4.74 Å². The normalized spacial score (nSPS) is 10.8. The Morgan fingerprint density at radius 2 is 2.00 bits per heavy atom. The van der Waals surface area contributed by atoms with Crippen LogP contribution < -0.4 is 15.7 Å². The van der Waals surface area contributed by atoms with Crippen LogP contribution in [0.1, 0.15) is 5.56 Å². The molecule has 2 aromatic rings. The molecule has 0 bridgehead atoms. The van der Waals surface area contributed by atoms with Crippen LogP contribution in [0.3, 0.4) is 0 Å². The fourth-order valence-corrected chi connectivity index (χ4v) is 2.80. The van der Waals surface area contributed by atoms with E-state index in [1.54, 1.807) is 13.2 Å². The first-order valence-corrected chi connectivity index (χ1v) is 8.56. The largest absolute Gasteiger partial charge is 0.496 e. The third-order valence-corrected chi connectivity index (χ3v) is 3.77. The minimum atomic E-state index is -0.399. The van der Waals surface area contributed by atoms with Crippen molar-refractivity contribution in [1.82, 2.24) is 14.9 Å². The average molecular weight is 371 g/mol. The van der Waals surface area contributed by atoms with Crippen LogP contribution in [0.4, 0.5) is 11.5 Å². The molecule has 0 saturated heterocycles. The van der Waals surface area contributed by atoms with Crippen molar-refractivity contribution in [3.63, 3.8) is 0 Å². The van der Waals surface area contributed by atoms with Crippen LogP contribution in [0.15, 0.2) is 35.3 Å². The number of nitrogens with one attached hydrogen (secondary N) is 2. The second-order valence-corrected chi connectivity index (χ2v) is 5.85. The Labute approximate surface area is 150 Å². The Morgan fingerprint density at radius 3 is 2.62 bits per heavy atom. The van der Waals surface area contributed by atoms with E-state index in [1.807, 2.05) is 18.2 Å². The van der Waals surface area contributed by atoms with Crippen molar-refractivity contribution in [1.29, 1.82) is 0 Å².